The highest BCUT2D eigenvalue weighted by atomic mass is 32.1. The average molecular weight is 450 g/mol. The van der Waals surface area contributed by atoms with Crippen molar-refractivity contribution >= 4 is 37.7 Å². The molecule has 0 heterocycles. The maximum Gasteiger partial charge on any atom is 0.472 e. The van der Waals surface area contributed by atoms with Crippen molar-refractivity contribution < 1.29 is 33.3 Å². The number of nitro benzene ring substituents is 1. The fourth-order valence-electron chi connectivity index (χ4n) is 2.38. The van der Waals surface area contributed by atoms with Crippen LogP contribution >= 0.6 is 20.5 Å². The maximum absolute atomic E-state index is 12.0. The zero-order valence-corrected chi connectivity index (χ0v) is 17.9. The van der Waals surface area contributed by atoms with Crippen LogP contribution in [0.15, 0.2) is 18.2 Å². The Hall–Kier alpha value is -1.49. The molecule has 3 N–H and O–H groups in total. The molecule has 1 rings (SSSR count). The van der Waals surface area contributed by atoms with Crippen molar-refractivity contribution in [2.75, 3.05) is 24.3 Å². The van der Waals surface area contributed by atoms with Gasteiger partial charge in [-0.3, -0.25) is 24.0 Å². The number of phosphoric acid groups is 1. The van der Waals surface area contributed by atoms with Crippen LogP contribution in [-0.4, -0.2) is 39.8 Å². The standard InChI is InChI=1S/C17H27N2O8PS/c1-13(20)15-12-14(7-8-16(15)19(22)23)18-17(21)6-5-10-27-28(24,25)26-9-3-2-4-11-29/h7-8,12-13,20,29H,2-6,9-11H2,1H3,(H,18,21)(H,24,25). The highest BCUT2D eigenvalue weighted by Gasteiger charge is 2.21. The molecule has 0 aliphatic rings. The smallest absolute Gasteiger partial charge is 0.388 e. The van der Waals surface area contributed by atoms with Crippen molar-refractivity contribution in [3.63, 3.8) is 0 Å². The van der Waals surface area contributed by atoms with Crippen LogP contribution in [0.25, 0.3) is 0 Å². The molecular weight excluding hydrogens is 423 g/mol. The van der Waals surface area contributed by atoms with Gasteiger partial charge in [0, 0.05) is 18.2 Å². The van der Waals surface area contributed by atoms with Crippen LogP contribution in [0.3, 0.4) is 0 Å². The van der Waals surface area contributed by atoms with Gasteiger partial charge in [0.05, 0.1) is 29.8 Å². The molecule has 10 nitrogen and oxygen atoms in total. The average Bonchev–Trinajstić information content (AvgIpc) is 2.64. The predicted molar refractivity (Wildman–Crippen MR) is 111 cm³/mol. The summed E-state index contributed by atoms with van der Waals surface area (Å²) in [5, 5.41) is 23.2. The molecule has 0 bridgehead atoms. The minimum atomic E-state index is -4.14. The lowest BCUT2D eigenvalue weighted by atomic mass is 10.1. The first kappa shape index (κ1) is 25.5. The number of aliphatic hydroxyl groups is 1. The van der Waals surface area contributed by atoms with Gasteiger partial charge in [-0.25, -0.2) is 4.57 Å². The summed E-state index contributed by atoms with van der Waals surface area (Å²) in [6.45, 7) is 1.35. The molecule has 0 aromatic heterocycles. The second-order valence-electron chi connectivity index (χ2n) is 6.28. The lowest BCUT2D eigenvalue weighted by Crippen LogP contribution is -2.13. The molecule has 2 atom stereocenters. The number of hydrogen-bond acceptors (Lipinski definition) is 8. The van der Waals surface area contributed by atoms with Crippen LogP contribution in [0.1, 0.15) is 50.7 Å². The molecule has 1 amide bonds. The van der Waals surface area contributed by atoms with Gasteiger partial charge in [0.15, 0.2) is 0 Å². The van der Waals surface area contributed by atoms with Gasteiger partial charge >= 0.3 is 7.82 Å². The van der Waals surface area contributed by atoms with Gasteiger partial charge in [-0.1, -0.05) is 6.42 Å². The number of hydrogen-bond donors (Lipinski definition) is 4. The van der Waals surface area contributed by atoms with Crippen LogP contribution in [0.5, 0.6) is 0 Å². The molecule has 0 aliphatic carbocycles. The fraction of sp³-hybridized carbons (Fsp3) is 0.588. The van der Waals surface area contributed by atoms with Crippen LogP contribution in [0, 0.1) is 10.1 Å². The Morgan fingerprint density at radius 1 is 1.28 bits per heavy atom. The number of carbonyl (C=O) groups is 1. The number of nitro groups is 1. The summed E-state index contributed by atoms with van der Waals surface area (Å²) in [6.07, 6.45) is 1.46. The summed E-state index contributed by atoms with van der Waals surface area (Å²) in [4.78, 5) is 31.9. The number of rotatable bonds is 14. The number of nitrogens with one attached hydrogen (secondary N) is 1. The number of phosphoric ester groups is 1. The molecule has 0 spiro atoms. The number of thiol groups is 1. The number of amides is 1. The highest BCUT2D eigenvalue weighted by Crippen LogP contribution is 2.43. The van der Waals surface area contributed by atoms with E-state index in [0.29, 0.717) is 12.1 Å². The third kappa shape index (κ3) is 10.2. The molecule has 0 fully saturated rings. The molecule has 164 valence electrons. The van der Waals surface area contributed by atoms with E-state index in [9.17, 15) is 29.5 Å². The van der Waals surface area contributed by atoms with E-state index in [1.807, 2.05) is 0 Å². The molecule has 1 aromatic rings. The first-order valence-electron chi connectivity index (χ1n) is 9.15. The van der Waals surface area contributed by atoms with Gasteiger partial charge in [-0.15, -0.1) is 0 Å². The number of unbranched alkanes of at least 4 members (excludes halogenated alkanes) is 2. The topological polar surface area (TPSA) is 148 Å². The third-order valence-corrected chi connectivity index (χ3v) is 5.15. The predicted octanol–water partition coefficient (Wildman–Crippen LogP) is 3.60. The Morgan fingerprint density at radius 2 is 1.93 bits per heavy atom. The Bertz CT molecular complexity index is 731. The molecule has 0 radical (unpaired) electrons. The Kier molecular flexibility index (Phi) is 11.4. The summed E-state index contributed by atoms with van der Waals surface area (Å²) >= 11 is 4.07. The summed E-state index contributed by atoms with van der Waals surface area (Å²) in [6, 6.07) is 3.90. The number of carbonyl (C=O) groups excluding carboxylic acids is 1. The molecule has 0 saturated carbocycles. The van der Waals surface area contributed by atoms with E-state index in [4.69, 9.17) is 9.05 Å². The number of nitrogens with zero attached hydrogens (tertiary/aromatic N) is 1. The quantitative estimate of drug-likeness (QED) is 0.110. The van der Waals surface area contributed by atoms with Crippen molar-refractivity contribution in [1.29, 1.82) is 0 Å². The van der Waals surface area contributed by atoms with Crippen LogP contribution in [0.4, 0.5) is 11.4 Å². The second kappa shape index (κ2) is 12.9. The van der Waals surface area contributed by atoms with E-state index in [2.05, 4.69) is 17.9 Å². The summed E-state index contributed by atoms with van der Waals surface area (Å²) in [7, 11) is -4.14. The second-order valence-corrected chi connectivity index (χ2v) is 8.18. The molecule has 0 aliphatic heterocycles. The highest BCUT2D eigenvalue weighted by molar-refractivity contribution is 7.80. The van der Waals surface area contributed by atoms with Gasteiger partial charge in [-0.2, -0.15) is 12.6 Å². The normalized spacial score (nSPS) is 14.2. The van der Waals surface area contributed by atoms with E-state index in [0.717, 1.165) is 18.6 Å². The first-order valence-corrected chi connectivity index (χ1v) is 11.3. The Labute approximate surface area is 174 Å². The number of aliphatic hydroxyl groups excluding tert-OH is 1. The zero-order chi connectivity index (χ0) is 21.9. The first-order chi connectivity index (χ1) is 13.7. The summed E-state index contributed by atoms with van der Waals surface area (Å²) in [5.74, 6) is 0.342. The lowest BCUT2D eigenvalue weighted by Gasteiger charge is -2.12. The van der Waals surface area contributed by atoms with Gasteiger partial charge in [0.2, 0.25) is 5.91 Å². The van der Waals surface area contributed by atoms with Gasteiger partial charge < -0.3 is 15.3 Å². The molecule has 1 aromatic carbocycles. The Balaban J connectivity index is 2.39. The van der Waals surface area contributed by atoms with E-state index >= 15 is 0 Å². The molecular formula is C17H27N2O8PS. The van der Waals surface area contributed by atoms with Gasteiger partial charge in [0.1, 0.15) is 0 Å². The van der Waals surface area contributed by atoms with E-state index in [1.165, 1.54) is 25.1 Å². The minimum absolute atomic E-state index is 0.00292. The number of anilines is 1. The summed E-state index contributed by atoms with van der Waals surface area (Å²) in [5.41, 5.74) is 0.148. The minimum Gasteiger partial charge on any atom is -0.388 e. The molecule has 0 saturated heterocycles. The maximum atomic E-state index is 12.0. The molecule has 29 heavy (non-hydrogen) atoms. The lowest BCUT2D eigenvalue weighted by molar-refractivity contribution is -0.386. The monoisotopic (exact) mass is 450 g/mol. The molecule has 12 heteroatoms. The van der Waals surface area contributed by atoms with E-state index in [1.54, 1.807) is 0 Å². The molecule has 2 unspecified atom stereocenters. The Morgan fingerprint density at radius 3 is 2.52 bits per heavy atom. The van der Waals surface area contributed by atoms with Crippen LogP contribution < -0.4 is 5.32 Å². The number of benzene rings is 1. The largest absolute Gasteiger partial charge is 0.472 e. The zero-order valence-electron chi connectivity index (χ0n) is 16.2. The van der Waals surface area contributed by atoms with Gasteiger partial charge in [0.25, 0.3) is 5.69 Å². The summed E-state index contributed by atoms with van der Waals surface area (Å²) < 4.78 is 21.3. The van der Waals surface area contributed by atoms with Crippen LogP contribution in [-0.2, 0) is 18.4 Å². The fourth-order valence-corrected chi connectivity index (χ4v) is 3.39. The SMILES string of the molecule is CC(O)c1cc(NC(=O)CCCOP(=O)(O)OCCCCCS)ccc1[N+](=O)[O-]. The van der Waals surface area contributed by atoms with E-state index < -0.39 is 24.8 Å². The van der Waals surface area contributed by atoms with E-state index in [-0.39, 0.29) is 37.3 Å². The van der Waals surface area contributed by atoms with Gasteiger partial charge in [-0.05, 0) is 44.1 Å². The van der Waals surface area contributed by atoms with Crippen LogP contribution in [0.2, 0.25) is 0 Å². The van der Waals surface area contributed by atoms with Crippen molar-refractivity contribution in [2.24, 2.45) is 0 Å². The van der Waals surface area contributed by atoms with Crippen molar-refractivity contribution in [3.05, 3.63) is 33.9 Å². The van der Waals surface area contributed by atoms with Crippen molar-refractivity contribution in [2.45, 2.75) is 45.1 Å². The third-order valence-electron chi connectivity index (χ3n) is 3.82. The van der Waals surface area contributed by atoms with Crippen molar-refractivity contribution in [3.8, 4) is 0 Å². The van der Waals surface area contributed by atoms with Crippen molar-refractivity contribution in [1.82, 2.24) is 0 Å².